The van der Waals surface area contributed by atoms with Crippen LogP contribution in [0.3, 0.4) is 0 Å². The van der Waals surface area contributed by atoms with Crippen LogP contribution in [0.2, 0.25) is 0 Å². The summed E-state index contributed by atoms with van der Waals surface area (Å²) in [6, 6.07) is 7.29. The van der Waals surface area contributed by atoms with Gasteiger partial charge in [-0.2, -0.15) is 11.8 Å². The average Bonchev–Trinajstić information content (AvgIpc) is 2.48. The van der Waals surface area contributed by atoms with Gasteiger partial charge in [0.1, 0.15) is 18.5 Å². The molecule has 0 spiro atoms. The lowest BCUT2D eigenvalue weighted by Gasteiger charge is -2.22. The molecule has 1 heterocycles. The van der Waals surface area contributed by atoms with Gasteiger partial charge in [-0.15, -0.1) is 0 Å². The van der Waals surface area contributed by atoms with E-state index < -0.39 is 0 Å². The fourth-order valence-corrected chi connectivity index (χ4v) is 2.69. The number of carbonyl (C=O) groups excluding carboxylic acids is 1. The SMILES string of the molecule is COCCOc1ccccc1C(=O)C1CSCCO1. The standard InChI is InChI=1S/C14H18O4S/c1-16-6-7-17-12-5-3-2-4-11(12)14(15)13-10-19-9-8-18-13/h2-5,13H,6-10H2,1H3. The molecule has 1 atom stereocenters. The van der Waals surface area contributed by atoms with E-state index in [2.05, 4.69) is 0 Å². The monoisotopic (exact) mass is 282 g/mol. The lowest BCUT2D eigenvalue weighted by Crippen LogP contribution is -2.31. The lowest BCUT2D eigenvalue weighted by atomic mass is 10.1. The second-order valence-corrected chi connectivity index (χ2v) is 5.29. The Labute approximate surface area is 117 Å². The predicted octanol–water partition coefficient (Wildman–Crippen LogP) is 2.03. The van der Waals surface area contributed by atoms with Gasteiger partial charge in [-0.1, -0.05) is 12.1 Å². The average molecular weight is 282 g/mol. The molecule has 104 valence electrons. The van der Waals surface area contributed by atoms with Crippen molar-refractivity contribution in [2.24, 2.45) is 0 Å². The first-order valence-corrected chi connectivity index (χ1v) is 7.42. The minimum absolute atomic E-state index is 0.000201. The van der Waals surface area contributed by atoms with Gasteiger partial charge < -0.3 is 14.2 Å². The first-order valence-electron chi connectivity index (χ1n) is 6.27. The third kappa shape index (κ3) is 3.96. The minimum Gasteiger partial charge on any atom is -0.490 e. The molecule has 0 bridgehead atoms. The normalized spacial score (nSPS) is 19.1. The van der Waals surface area contributed by atoms with Gasteiger partial charge in [0.15, 0.2) is 5.78 Å². The van der Waals surface area contributed by atoms with Crippen molar-refractivity contribution in [1.29, 1.82) is 0 Å². The van der Waals surface area contributed by atoms with E-state index in [0.717, 1.165) is 5.75 Å². The minimum atomic E-state index is -0.356. The van der Waals surface area contributed by atoms with E-state index in [1.54, 1.807) is 31.0 Å². The smallest absolute Gasteiger partial charge is 0.196 e. The maximum atomic E-state index is 12.4. The zero-order valence-corrected chi connectivity index (χ0v) is 11.8. The summed E-state index contributed by atoms with van der Waals surface area (Å²) in [5.74, 6) is 2.27. The molecule has 0 N–H and O–H groups in total. The van der Waals surface area contributed by atoms with Crippen molar-refractivity contribution >= 4 is 17.5 Å². The van der Waals surface area contributed by atoms with E-state index in [1.807, 2.05) is 12.1 Å². The number of thioether (sulfide) groups is 1. The molecule has 0 aliphatic carbocycles. The van der Waals surface area contributed by atoms with Gasteiger partial charge in [0.2, 0.25) is 0 Å². The van der Waals surface area contributed by atoms with E-state index in [1.165, 1.54) is 0 Å². The summed E-state index contributed by atoms with van der Waals surface area (Å²) >= 11 is 1.75. The van der Waals surface area contributed by atoms with E-state index in [-0.39, 0.29) is 11.9 Å². The third-order valence-corrected chi connectivity index (χ3v) is 3.80. The van der Waals surface area contributed by atoms with Crippen molar-refractivity contribution in [3.05, 3.63) is 29.8 Å². The number of ketones is 1. The molecule has 1 fully saturated rings. The summed E-state index contributed by atoms with van der Waals surface area (Å²) in [7, 11) is 1.62. The molecule has 0 amide bonds. The Balaban J connectivity index is 2.07. The van der Waals surface area contributed by atoms with Crippen LogP contribution >= 0.6 is 11.8 Å². The summed E-state index contributed by atoms with van der Waals surface area (Å²) in [6.07, 6.45) is -0.356. The van der Waals surface area contributed by atoms with Crippen LogP contribution in [0.5, 0.6) is 5.75 Å². The van der Waals surface area contributed by atoms with Gasteiger partial charge in [-0.25, -0.2) is 0 Å². The van der Waals surface area contributed by atoms with Crippen molar-refractivity contribution in [3.63, 3.8) is 0 Å². The van der Waals surface area contributed by atoms with E-state index >= 15 is 0 Å². The molecule has 1 aromatic rings. The summed E-state index contributed by atoms with van der Waals surface area (Å²) in [5.41, 5.74) is 0.589. The Kier molecular flexibility index (Phi) is 5.69. The number of methoxy groups -OCH3 is 1. The van der Waals surface area contributed by atoms with E-state index in [4.69, 9.17) is 14.2 Å². The van der Waals surface area contributed by atoms with Gasteiger partial charge in [-0.05, 0) is 12.1 Å². The second kappa shape index (κ2) is 7.53. The highest BCUT2D eigenvalue weighted by molar-refractivity contribution is 7.99. The highest BCUT2D eigenvalue weighted by atomic mass is 32.2. The lowest BCUT2D eigenvalue weighted by molar-refractivity contribution is 0.0514. The molecule has 4 nitrogen and oxygen atoms in total. The number of hydrogen-bond acceptors (Lipinski definition) is 5. The van der Waals surface area contributed by atoms with Crippen molar-refractivity contribution in [2.45, 2.75) is 6.10 Å². The van der Waals surface area contributed by atoms with E-state index in [0.29, 0.717) is 36.9 Å². The van der Waals surface area contributed by atoms with Crippen LogP contribution in [0.4, 0.5) is 0 Å². The molecule has 0 saturated carbocycles. The summed E-state index contributed by atoms with van der Waals surface area (Å²) in [6.45, 7) is 1.56. The third-order valence-electron chi connectivity index (χ3n) is 2.81. The van der Waals surface area contributed by atoms with Crippen molar-refractivity contribution in [2.75, 3.05) is 38.4 Å². The zero-order chi connectivity index (χ0) is 13.5. The Morgan fingerprint density at radius 3 is 3.00 bits per heavy atom. The van der Waals surface area contributed by atoms with Crippen molar-refractivity contribution in [3.8, 4) is 5.75 Å². The Bertz CT molecular complexity index is 416. The molecule has 19 heavy (non-hydrogen) atoms. The van der Waals surface area contributed by atoms with Crippen LogP contribution in [-0.2, 0) is 9.47 Å². The van der Waals surface area contributed by atoms with Gasteiger partial charge in [0, 0.05) is 18.6 Å². The first-order chi connectivity index (χ1) is 9.33. The second-order valence-electron chi connectivity index (χ2n) is 4.14. The Morgan fingerprint density at radius 2 is 2.26 bits per heavy atom. The van der Waals surface area contributed by atoms with Crippen molar-refractivity contribution < 1.29 is 19.0 Å². The maximum Gasteiger partial charge on any atom is 0.196 e. The van der Waals surface area contributed by atoms with Gasteiger partial charge in [0.25, 0.3) is 0 Å². The van der Waals surface area contributed by atoms with Crippen molar-refractivity contribution in [1.82, 2.24) is 0 Å². The first kappa shape index (κ1) is 14.4. The Hall–Kier alpha value is -1.04. The predicted molar refractivity (Wildman–Crippen MR) is 75.2 cm³/mol. The number of Topliss-reactive ketones (excluding diaryl/α,β-unsaturated/α-hetero) is 1. The highest BCUT2D eigenvalue weighted by Gasteiger charge is 2.25. The highest BCUT2D eigenvalue weighted by Crippen LogP contribution is 2.23. The number of hydrogen-bond donors (Lipinski definition) is 0. The molecule has 1 aliphatic heterocycles. The summed E-state index contributed by atoms with van der Waals surface area (Å²) in [5, 5.41) is 0. The molecule has 5 heteroatoms. The van der Waals surface area contributed by atoms with Crippen LogP contribution in [0.15, 0.2) is 24.3 Å². The molecule has 1 saturated heterocycles. The molecular weight excluding hydrogens is 264 g/mol. The molecule has 2 rings (SSSR count). The van der Waals surface area contributed by atoms with Crippen LogP contribution in [0.1, 0.15) is 10.4 Å². The largest absolute Gasteiger partial charge is 0.490 e. The van der Waals surface area contributed by atoms with Crippen LogP contribution in [-0.4, -0.2) is 50.3 Å². The number of para-hydroxylation sites is 1. The fraction of sp³-hybridized carbons (Fsp3) is 0.500. The summed E-state index contributed by atoms with van der Waals surface area (Å²) in [4.78, 5) is 12.4. The number of carbonyl (C=O) groups is 1. The number of rotatable bonds is 6. The number of ether oxygens (including phenoxy) is 3. The van der Waals surface area contributed by atoms with Gasteiger partial charge >= 0.3 is 0 Å². The van der Waals surface area contributed by atoms with E-state index in [9.17, 15) is 4.79 Å². The molecule has 1 aliphatic rings. The number of benzene rings is 1. The molecule has 0 aromatic heterocycles. The van der Waals surface area contributed by atoms with Gasteiger partial charge in [0.05, 0.1) is 18.8 Å². The Morgan fingerprint density at radius 1 is 1.42 bits per heavy atom. The van der Waals surface area contributed by atoms with Crippen LogP contribution in [0.25, 0.3) is 0 Å². The van der Waals surface area contributed by atoms with Crippen LogP contribution in [0, 0.1) is 0 Å². The quantitative estimate of drug-likeness (QED) is 0.590. The van der Waals surface area contributed by atoms with Crippen LogP contribution < -0.4 is 4.74 Å². The molecule has 0 radical (unpaired) electrons. The molecule has 1 unspecified atom stereocenters. The molecular formula is C14H18O4S. The molecule has 1 aromatic carbocycles. The zero-order valence-electron chi connectivity index (χ0n) is 11.0. The van der Waals surface area contributed by atoms with Gasteiger partial charge in [-0.3, -0.25) is 4.79 Å². The topological polar surface area (TPSA) is 44.8 Å². The fourth-order valence-electron chi connectivity index (χ4n) is 1.84. The summed E-state index contributed by atoms with van der Waals surface area (Å²) < 4.78 is 16.0. The maximum absolute atomic E-state index is 12.4.